The zero-order valence-corrected chi connectivity index (χ0v) is 9.33. The van der Waals surface area contributed by atoms with Gasteiger partial charge in [-0.2, -0.15) is 9.97 Å². The van der Waals surface area contributed by atoms with Gasteiger partial charge in [-0.1, -0.05) is 23.9 Å². The number of halogens is 1. The van der Waals surface area contributed by atoms with Gasteiger partial charge in [0, 0.05) is 0 Å². The van der Waals surface area contributed by atoms with Crippen molar-refractivity contribution in [2.24, 2.45) is 0 Å². The molecule has 6 heteroatoms. The van der Waals surface area contributed by atoms with Gasteiger partial charge in [-0.05, 0) is 18.4 Å². The Morgan fingerprint density at radius 2 is 1.94 bits per heavy atom. The van der Waals surface area contributed by atoms with E-state index >= 15 is 0 Å². The molecule has 1 aromatic carbocycles. The van der Waals surface area contributed by atoms with Crippen LogP contribution in [0.4, 0.5) is 10.3 Å². The summed E-state index contributed by atoms with van der Waals surface area (Å²) >= 11 is 1.33. The number of nitrogens with two attached hydrogens (primary N) is 1. The monoisotopic (exact) mass is 236 g/mol. The van der Waals surface area contributed by atoms with Crippen molar-refractivity contribution in [2.45, 2.75) is 5.16 Å². The minimum absolute atomic E-state index is 0.0950. The zero-order chi connectivity index (χ0) is 11.5. The van der Waals surface area contributed by atoms with Gasteiger partial charge in [-0.15, -0.1) is 0 Å². The third-order valence-corrected chi connectivity index (χ3v) is 2.48. The molecule has 0 aliphatic heterocycles. The highest BCUT2D eigenvalue weighted by molar-refractivity contribution is 7.98. The van der Waals surface area contributed by atoms with Crippen molar-refractivity contribution in [3.63, 3.8) is 0 Å². The standard InChI is InChI=1S/C10H9FN4S/c1-16-10-14-8(13-9(12)15-10)6-4-2-3-5-7(6)11/h2-5H,1H3,(H2,12,13,14,15). The molecule has 0 saturated carbocycles. The van der Waals surface area contributed by atoms with Crippen molar-refractivity contribution in [3.8, 4) is 11.4 Å². The number of hydrogen-bond donors (Lipinski definition) is 1. The lowest BCUT2D eigenvalue weighted by atomic mass is 10.2. The predicted molar refractivity (Wildman–Crippen MR) is 61.4 cm³/mol. The van der Waals surface area contributed by atoms with E-state index in [9.17, 15) is 4.39 Å². The maximum atomic E-state index is 13.5. The number of nitrogens with zero attached hydrogens (tertiary/aromatic N) is 3. The molecule has 0 radical (unpaired) electrons. The molecule has 2 N–H and O–H groups in total. The van der Waals surface area contributed by atoms with Crippen LogP contribution in [0, 0.1) is 5.82 Å². The van der Waals surface area contributed by atoms with E-state index in [1.807, 2.05) is 6.26 Å². The minimum atomic E-state index is -0.375. The van der Waals surface area contributed by atoms with E-state index in [0.29, 0.717) is 10.7 Å². The van der Waals surface area contributed by atoms with Crippen LogP contribution >= 0.6 is 11.8 Å². The van der Waals surface area contributed by atoms with Crippen LogP contribution in [0.25, 0.3) is 11.4 Å². The molecule has 1 heterocycles. The number of rotatable bonds is 2. The van der Waals surface area contributed by atoms with E-state index in [2.05, 4.69) is 15.0 Å². The van der Waals surface area contributed by atoms with Gasteiger partial charge in [-0.3, -0.25) is 0 Å². The summed E-state index contributed by atoms with van der Waals surface area (Å²) in [5, 5.41) is 0.478. The molecule has 0 spiro atoms. The van der Waals surface area contributed by atoms with Gasteiger partial charge in [0.25, 0.3) is 0 Å². The zero-order valence-electron chi connectivity index (χ0n) is 8.51. The Bertz CT molecular complexity index is 518. The molecule has 0 aliphatic rings. The largest absolute Gasteiger partial charge is 0.368 e. The maximum absolute atomic E-state index is 13.5. The fourth-order valence-corrected chi connectivity index (χ4v) is 1.59. The van der Waals surface area contributed by atoms with Crippen LogP contribution in [0.1, 0.15) is 0 Å². The average Bonchev–Trinajstić information content (AvgIpc) is 2.28. The van der Waals surface area contributed by atoms with Gasteiger partial charge in [0.05, 0.1) is 5.56 Å². The second-order valence-corrected chi connectivity index (χ2v) is 3.76. The number of benzene rings is 1. The number of thioether (sulfide) groups is 1. The number of nitrogen functional groups attached to an aromatic ring is 1. The molecule has 0 unspecified atom stereocenters. The summed E-state index contributed by atoms with van der Waals surface area (Å²) in [6.07, 6.45) is 1.82. The summed E-state index contributed by atoms with van der Waals surface area (Å²) in [6.45, 7) is 0. The molecular weight excluding hydrogens is 227 g/mol. The summed E-state index contributed by atoms with van der Waals surface area (Å²) in [6, 6.07) is 6.29. The van der Waals surface area contributed by atoms with Crippen molar-refractivity contribution >= 4 is 17.7 Å². The molecule has 0 amide bonds. The van der Waals surface area contributed by atoms with Gasteiger partial charge in [0.1, 0.15) is 5.82 Å². The Labute approximate surface area is 96.1 Å². The summed E-state index contributed by atoms with van der Waals surface area (Å²) in [5.41, 5.74) is 5.85. The topological polar surface area (TPSA) is 64.7 Å². The normalized spacial score (nSPS) is 10.4. The first-order valence-electron chi connectivity index (χ1n) is 4.51. The van der Waals surface area contributed by atoms with Crippen molar-refractivity contribution in [1.29, 1.82) is 0 Å². The number of anilines is 1. The van der Waals surface area contributed by atoms with Gasteiger partial charge in [0.2, 0.25) is 5.95 Å². The summed E-state index contributed by atoms with van der Waals surface area (Å²) < 4.78 is 13.5. The summed E-state index contributed by atoms with van der Waals surface area (Å²) in [5.74, 6) is -0.0206. The van der Waals surface area contributed by atoms with E-state index in [0.717, 1.165) is 0 Å². The van der Waals surface area contributed by atoms with Crippen LogP contribution in [-0.2, 0) is 0 Å². The van der Waals surface area contributed by atoms with E-state index in [1.165, 1.54) is 17.8 Å². The first kappa shape index (κ1) is 10.8. The Morgan fingerprint density at radius 1 is 1.19 bits per heavy atom. The van der Waals surface area contributed by atoms with E-state index in [-0.39, 0.29) is 17.6 Å². The third-order valence-electron chi connectivity index (χ3n) is 1.93. The van der Waals surface area contributed by atoms with Crippen LogP contribution in [-0.4, -0.2) is 21.2 Å². The van der Waals surface area contributed by atoms with Gasteiger partial charge < -0.3 is 5.73 Å². The van der Waals surface area contributed by atoms with Crippen LogP contribution in [0.3, 0.4) is 0 Å². The van der Waals surface area contributed by atoms with Gasteiger partial charge in [0.15, 0.2) is 11.0 Å². The maximum Gasteiger partial charge on any atom is 0.224 e. The lowest BCUT2D eigenvalue weighted by Gasteiger charge is -2.03. The molecule has 2 aromatic rings. The number of hydrogen-bond acceptors (Lipinski definition) is 5. The summed E-state index contributed by atoms with van der Waals surface area (Å²) in [7, 11) is 0. The van der Waals surface area contributed by atoms with Crippen LogP contribution in [0.15, 0.2) is 29.4 Å². The molecule has 16 heavy (non-hydrogen) atoms. The molecule has 0 fully saturated rings. The molecule has 82 valence electrons. The predicted octanol–water partition coefficient (Wildman–Crippen LogP) is 1.98. The number of aromatic nitrogens is 3. The van der Waals surface area contributed by atoms with Gasteiger partial charge >= 0.3 is 0 Å². The minimum Gasteiger partial charge on any atom is -0.368 e. The average molecular weight is 236 g/mol. The van der Waals surface area contributed by atoms with Crippen molar-refractivity contribution in [1.82, 2.24) is 15.0 Å². The van der Waals surface area contributed by atoms with Crippen LogP contribution in [0.2, 0.25) is 0 Å². The van der Waals surface area contributed by atoms with Crippen LogP contribution < -0.4 is 5.73 Å². The lowest BCUT2D eigenvalue weighted by Crippen LogP contribution is -2.02. The Hall–Kier alpha value is -1.69. The molecular formula is C10H9FN4S. The Balaban J connectivity index is 2.56. The smallest absolute Gasteiger partial charge is 0.224 e. The van der Waals surface area contributed by atoms with Crippen molar-refractivity contribution in [2.75, 3.05) is 12.0 Å². The third kappa shape index (κ3) is 2.11. The molecule has 0 saturated heterocycles. The molecule has 4 nitrogen and oxygen atoms in total. The highest BCUT2D eigenvalue weighted by atomic mass is 32.2. The van der Waals surface area contributed by atoms with Crippen molar-refractivity contribution < 1.29 is 4.39 Å². The quantitative estimate of drug-likeness (QED) is 0.808. The Morgan fingerprint density at radius 3 is 2.62 bits per heavy atom. The van der Waals surface area contributed by atoms with Crippen molar-refractivity contribution in [3.05, 3.63) is 30.1 Å². The van der Waals surface area contributed by atoms with Crippen LogP contribution in [0.5, 0.6) is 0 Å². The Kier molecular flexibility index (Phi) is 3.00. The molecule has 1 aromatic heterocycles. The fraction of sp³-hybridized carbons (Fsp3) is 0.100. The highest BCUT2D eigenvalue weighted by Gasteiger charge is 2.09. The first-order valence-corrected chi connectivity index (χ1v) is 5.73. The fourth-order valence-electron chi connectivity index (χ4n) is 1.23. The molecule has 0 atom stereocenters. The van der Waals surface area contributed by atoms with E-state index < -0.39 is 0 Å². The first-order chi connectivity index (χ1) is 7.70. The van der Waals surface area contributed by atoms with E-state index in [4.69, 9.17) is 5.73 Å². The molecule has 0 aliphatic carbocycles. The molecule has 2 rings (SSSR count). The van der Waals surface area contributed by atoms with Gasteiger partial charge in [-0.25, -0.2) is 9.37 Å². The van der Waals surface area contributed by atoms with E-state index in [1.54, 1.807) is 18.2 Å². The lowest BCUT2D eigenvalue weighted by molar-refractivity contribution is 0.629. The second-order valence-electron chi connectivity index (χ2n) is 2.98. The molecule has 0 bridgehead atoms. The highest BCUT2D eigenvalue weighted by Crippen LogP contribution is 2.21. The summed E-state index contributed by atoms with van der Waals surface area (Å²) in [4.78, 5) is 11.9. The second kappa shape index (κ2) is 4.44. The SMILES string of the molecule is CSc1nc(N)nc(-c2ccccc2F)n1.